The summed E-state index contributed by atoms with van der Waals surface area (Å²) in [5, 5.41) is 11.8. The van der Waals surface area contributed by atoms with Gasteiger partial charge in [-0.3, -0.25) is 4.79 Å². The quantitative estimate of drug-likeness (QED) is 0.761. The average molecular weight is 282 g/mol. The number of urea groups is 1. The number of rotatable bonds is 5. The van der Waals surface area contributed by atoms with Gasteiger partial charge in [0.15, 0.2) is 0 Å². The Morgan fingerprint density at radius 3 is 2.55 bits per heavy atom. The van der Waals surface area contributed by atoms with Crippen molar-refractivity contribution in [2.45, 2.75) is 51.4 Å². The molecule has 0 bridgehead atoms. The summed E-state index contributed by atoms with van der Waals surface area (Å²) in [4.78, 5) is 24.4. The van der Waals surface area contributed by atoms with Crippen molar-refractivity contribution in [3.63, 3.8) is 0 Å². The fourth-order valence-corrected chi connectivity index (χ4v) is 3.32. The Kier molecular flexibility index (Phi) is 5.68. The van der Waals surface area contributed by atoms with Crippen molar-refractivity contribution in [1.29, 1.82) is 0 Å². The molecule has 5 heteroatoms. The molecule has 1 heterocycles. The molecule has 0 aromatic rings. The molecule has 2 N–H and O–H groups in total. The van der Waals surface area contributed by atoms with E-state index in [-0.39, 0.29) is 11.9 Å². The molecule has 2 fully saturated rings. The molecule has 1 atom stereocenters. The number of carbonyl (C=O) groups is 2. The van der Waals surface area contributed by atoms with Crippen LogP contribution in [0.15, 0.2) is 0 Å². The second-order valence-corrected chi connectivity index (χ2v) is 6.15. The maximum atomic E-state index is 11.9. The molecule has 0 spiro atoms. The van der Waals surface area contributed by atoms with Crippen LogP contribution >= 0.6 is 0 Å². The second kappa shape index (κ2) is 7.50. The first-order valence-corrected chi connectivity index (χ1v) is 7.92. The summed E-state index contributed by atoms with van der Waals surface area (Å²) in [5.41, 5.74) is 0. The van der Waals surface area contributed by atoms with E-state index in [0.717, 1.165) is 12.3 Å². The Hall–Kier alpha value is -1.26. The summed E-state index contributed by atoms with van der Waals surface area (Å²) in [6, 6.07) is -0.0996. The van der Waals surface area contributed by atoms with Gasteiger partial charge in [0.1, 0.15) is 0 Å². The normalized spacial score (nSPS) is 23.8. The highest BCUT2D eigenvalue weighted by Crippen LogP contribution is 2.27. The first-order valence-electron chi connectivity index (χ1n) is 7.92. The van der Waals surface area contributed by atoms with Crippen LogP contribution in [0.25, 0.3) is 0 Å². The van der Waals surface area contributed by atoms with Crippen LogP contribution in [0.1, 0.15) is 51.4 Å². The van der Waals surface area contributed by atoms with E-state index < -0.39 is 5.97 Å². The minimum absolute atomic E-state index is 0.0996. The van der Waals surface area contributed by atoms with E-state index in [0.29, 0.717) is 26.1 Å². The Morgan fingerprint density at radius 2 is 1.90 bits per heavy atom. The summed E-state index contributed by atoms with van der Waals surface area (Å²) in [5.74, 6) is -0.329. The predicted octanol–water partition coefficient (Wildman–Crippen LogP) is 2.46. The van der Waals surface area contributed by atoms with E-state index in [1.807, 2.05) is 0 Å². The minimum atomic E-state index is -0.794. The van der Waals surface area contributed by atoms with Crippen LogP contribution in [-0.4, -0.2) is 41.6 Å². The number of hydrogen-bond donors (Lipinski definition) is 2. The van der Waals surface area contributed by atoms with E-state index in [9.17, 15) is 9.59 Å². The van der Waals surface area contributed by atoms with Crippen molar-refractivity contribution < 1.29 is 14.7 Å². The summed E-state index contributed by atoms with van der Waals surface area (Å²) >= 11 is 0. The fourth-order valence-electron chi connectivity index (χ4n) is 3.32. The fraction of sp³-hybridized carbons (Fsp3) is 0.867. The van der Waals surface area contributed by atoms with Gasteiger partial charge in [-0.05, 0) is 25.2 Å². The largest absolute Gasteiger partial charge is 0.481 e. The molecule has 0 aromatic carbocycles. The molecule has 1 saturated heterocycles. The van der Waals surface area contributed by atoms with Crippen LogP contribution in [0.5, 0.6) is 0 Å². The summed E-state index contributed by atoms with van der Waals surface area (Å²) < 4.78 is 0. The molecule has 1 saturated carbocycles. The van der Waals surface area contributed by atoms with E-state index in [1.54, 1.807) is 4.90 Å². The van der Waals surface area contributed by atoms with Crippen molar-refractivity contribution in [3.05, 3.63) is 0 Å². The summed E-state index contributed by atoms with van der Waals surface area (Å²) in [6.45, 7) is 1.62. The van der Waals surface area contributed by atoms with Gasteiger partial charge in [-0.1, -0.05) is 32.1 Å². The van der Waals surface area contributed by atoms with Crippen molar-refractivity contribution in [1.82, 2.24) is 10.2 Å². The molecule has 5 nitrogen and oxygen atoms in total. The second-order valence-electron chi connectivity index (χ2n) is 6.15. The molecule has 1 aliphatic carbocycles. The number of amides is 2. The number of carboxylic acid groups (broad SMARTS) is 1. The molecule has 0 radical (unpaired) electrons. The number of hydrogen-bond acceptors (Lipinski definition) is 2. The van der Waals surface area contributed by atoms with Crippen LogP contribution in [-0.2, 0) is 4.79 Å². The predicted molar refractivity (Wildman–Crippen MR) is 76.5 cm³/mol. The minimum Gasteiger partial charge on any atom is -0.481 e. The van der Waals surface area contributed by atoms with Crippen molar-refractivity contribution in [3.8, 4) is 0 Å². The third-order valence-corrected chi connectivity index (χ3v) is 4.61. The lowest BCUT2D eigenvalue weighted by atomic mass is 9.86. The molecule has 0 aromatic heterocycles. The van der Waals surface area contributed by atoms with Crippen molar-refractivity contribution in [2.75, 3.05) is 19.6 Å². The molecule has 2 aliphatic rings. The molecular formula is C15H26N2O3. The average Bonchev–Trinajstić information content (AvgIpc) is 2.94. The van der Waals surface area contributed by atoms with Gasteiger partial charge in [0, 0.05) is 19.6 Å². The summed E-state index contributed by atoms with van der Waals surface area (Å²) in [6.07, 6.45) is 9.62. The molecule has 2 rings (SSSR count). The van der Waals surface area contributed by atoms with Crippen LogP contribution < -0.4 is 5.32 Å². The SMILES string of the molecule is O=C(O)C1CCN(C(=O)NCCCC2CCCCC2)C1. The zero-order valence-electron chi connectivity index (χ0n) is 12.1. The van der Waals surface area contributed by atoms with Crippen LogP contribution in [0.2, 0.25) is 0 Å². The van der Waals surface area contributed by atoms with E-state index in [4.69, 9.17) is 5.11 Å². The Bertz CT molecular complexity index is 340. The van der Waals surface area contributed by atoms with Gasteiger partial charge < -0.3 is 15.3 Å². The lowest BCUT2D eigenvalue weighted by Crippen LogP contribution is -2.39. The highest BCUT2D eigenvalue weighted by atomic mass is 16.4. The van der Waals surface area contributed by atoms with Crippen LogP contribution in [0.4, 0.5) is 4.79 Å². The Morgan fingerprint density at radius 1 is 1.15 bits per heavy atom. The molecule has 20 heavy (non-hydrogen) atoms. The van der Waals surface area contributed by atoms with Gasteiger partial charge in [0.05, 0.1) is 5.92 Å². The first-order chi connectivity index (χ1) is 9.66. The number of nitrogens with zero attached hydrogens (tertiary/aromatic N) is 1. The first kappa shape index (κ1) is 15.1. The van der Waals surface area contributed by atoms with Crippen molar-refractivity contribution >= 4 is 12.0 Å². The van der Waals surface area contributed by atoms with E-state index in [2.05, 4.69) is 5.32 Å². The van der Waals surface area contributed by atoms with Gasteiger partial charge in [-0.2, -0.15) is 0 Å². The number of carboxylic acids is 1. The van der Waals surface area contributed by atoms with Gasteiger partial charge >= 0.3 is 12.0 Å². The highest BCUT2D eigenvalue weighted by molar-refractivity contribution is 5.77. The molecule has 114 valence electrons. The zero-order valence-corrected chi connectivity index (χ0v) is 12.1. The number of likely N-dealkylation sites (tertiary alicyclic amines) is 1. The van der Waals surface area contributed by atoms with Crippen molar-refractivity contribution in [2.24, 2.45) is 11.8 Å². The number of carbonyl (C=O) groups excluding carboxylic acids is 1. The molecular weight excluding hydrogens is 256 g/mol. The van der Waals surface area contributed by atoms with Crippen LogP contribution in [0, 0.1) is 11.8 Å². The highest BCUT2D eigenvalue weighted by Gasteiger charge is 2.30. The molecule has 1 unspecified atom stereocenters. The zero-order chi connectivity index (χ0) is 14.4. The van der Waals surface area contributed by atoms with Gasteiger partial charge in [0.2, 0.25) is 0 Å². The van der Waals surface area contributed by atoms with Gasteiger partial charge in [-0.25, -0.2) is 4.79 Å². The standard InChI is InChI=1S/C15H26N2O3/c18-14(19)13-8-10-17(11-13)15(20)16-9-4-7-12-5-2-1-3-6-12/h12-13H,1-11H2,(H,16,20)(H,18,19). The maximum Gasteiger partial charge on any atom is 0.317 e. The summed E-state index contributed by atoms with van der Waals surface area (Å²) in [7, 11) is 0. The maximum absolute atomic E-state index is 11.9. The Labute approximate surface area is 120 Å². The van der Waals surface area contributed by atoms with E-state index in [1.165, 1.54) is 38.5 Å². The van der Waals surface area contributed by atoms with Gasteiger partial charge in [-0.15, -0.1) is 0 Å². The topological polar surface area (TPSA) is 69.6 Å². The monoisotopic (exact) mass is 282 g/mol. The third-order valence-electron chi connectivity index (χ3n) is 4.61. The smallest absolute Gasteiger partial charge is 0.317 e. The Balaban J connectivity index is 1.57. The molecule has 2 amide bonds. The molecule has 1 aliphatic heterocycles. The number of nitrogens with one attached hydrogen (secondary N) is 1. The van der Waals surface area contributed by atoms with Crippen LogP contribution in [0.3, 0.4) is 0 Å². The lowest BCUT2D eigenvalue weighted by molar-refractivity contribution is -0.141. The van der Waals surface area contributed by atoms with Gasteiger partial charge in [0.25, 0.3) is 0 Å². The lowest BCUT2D eigenvalue weighted by Gasteiger charge is -2.22. The van der Waals surface area contributed by atoms with E-state index >= 15 is 0 Å². The third kappa shape index (κ3) is 4.39. The number of aliphatic carboxylic acids is 1.